The highest BCUT2D eigenvalue weighted by Crippen LogP contribution is 2.50. The maximum absolute atomic E-state index is 9.48. The van der Waals surface area contributed by atoms with Crippen molar-refractivity contribution in [3.63, 3.8) is 0 Å². The van der Waals surface area contributed by atoms with Gasteiger partial charge in [-0.15, -0.1) is 0 Å². The lowest BCUT2D eigenvalue weighted by Crippen LogP contribution is -2.15. The van der Waals surface area contributed by atoms with Gasteiger partial charge in [0.25, 0.3) is 0 Å². The van der Waals surface area contributed by atoms with Crippen LogP contribution in [0.15, 0.2) is 109 Å². The molecule has 0 atom stereocenters. The number of nitriles is 1. The first-order valence-electron chi connectivity index (χ1n) is 13.5. The van der Waals surface area contributed by atoms with Gasteiger partial charge in [0, 0.05) is 22.6 Å². The second-order valence-corrected chi connectivity index (χ2v) is 11.1. The molecule has 4 aromatic carbocycles. The molecule has 8 rings (SSSR count). The maximum atomic E-state index is 9.48. The van der Waals surface area contributed by atoms with E-state index < -0.39 is 0 Å². The summed E-state index contributed by atoms with van der Waals surface area (Å²) < 4.78 is 2.14. The monoisotopic (exact) mass is 512 g/mol. The summed E-state index contributed by atoms with van der Waals surface area (Å²) in [7, 11) is 0. The van der Waals surface area contributed by atoms with E-state index in [1.165, 1.54) is 22.3 Å². The molecule has 1 aliphatic carbocycles. The number of rotatable bonds is 2. The summed E-state index contributed by atoms with van der Waals surface area (Å²) >= 11 is 0. The minimum absolute atomic E-state index is 0.187. The van der Waals surface area contributed by atoms with Gasteiger partial charge in [-0.1, -0.05) is 74.5 Å². The van der Waals surface area contributed by atoms with Crippen LogP contribution in [-0.2, 0) is 5.41 Å². The zero-order chi connectivity index (χ0) is 27.0. The quantitative estimate of drug-likeness (QED) is 0.233. The Morgan fingerprint density at radius 2 is 1.45 bits per heavy atom. The lowest BCUT2D eigenvalue weighted by Gasteiger charge is -2.22. The van der Waals surface area contributed by atoms with Gasteiger partial charge in [0.05, 0.1) is 28.4 Å². The van der Waals surface area contributed by atoms with Crippen molar-refractivity contribution in [1.29, 1.82) is 5.26 Å². The van der Waals surface area contributed by atoms with Crippen LogP contribution in [0.4, 0.5) is 0 Å². The Morgan fingerprint density at radius 3 is 2.33 bits per heavy atom. The minimum Gasteiger partial charge on any atom is -0.298 e. The Morgan fingerprint density at radius 1 is 0.700 bits per heavy atom. The average molecular weight is 513 g/mol. The van der Waals surface area contributed by atoms with Gasteiger partial charge in [-0.3, -0.25) is 4.40 Å². The van der Waals surface area contributed by atoms with E-state index in [1.807, 2.05) is 42.5 Å². The van der Waals surface area contributed by atoms with Crippen LogP contribution in [0, 0.1) is 11.3 Å². The Balaban J connectivity index is 1.31. The fourth-order valence-corrected chi connectivity index (χ4v) is 6.39. The summed E-state index contributed by atoms with van der Waals surface area (Å²) in [6.45, 7) is 4.50. The number of hydrogen-bond acceptors (Lipinski definition) is 3. The van der Waals surface area contributed by atoms with Crippen LogP contribution in [0.25, 0.3) is 61.1 Å². The van der Waals surface area contributed by atoms with Crippen molar-refractivity contribution >= 4 is 27.6 Å². The van der Waals surface area contributed by atoms with E-state index in [2.05, 4.69) is 91.2 Å². The minimum atomic E-state index is -0.187. The normalized spacial score (nSPS) is 13.4. The molecule has 4 heteroatoms. The number of fused-ring (bicyclic) bond motifs is 8. The van der Waals surface area contributed by atoms with E-state index in [-0.39, 0.29) is 5.41 Å². The van der Waals surface area contributed by atoms with E-state index in [0.717, 1.165) is 50.0 Å². The highest BCUT2D eigenvalue weighted by molar-refractivity contribution is 6.09. The summed E-state index contributed by atoms with van der Waals surface area (Å²) in [5.74, 6) is 0. The molecular formula is C36H24N4. The number of pyridine rings is 2. The van der Waals surface area contributed by atoms with Gasteiger partial charge in [-0.2, -0.15) is 5.26 Å². The van der Waals surface area contributed by atoms with Gasteiger partial charge < -0.3 is 0 Å². The molecule has 3 aromatic heterocycles. The van der Waals surface area contributed by atoms with Crippen molar-refractivity contribution in [1.82, 2.24) is 14.4 Å². The summed E-state index contributed by atoms with van der Waals surface area (Å²) in [4.78, 5) is 10.2. The van der Waals surface area contributed by atoms with E-state index >= 15 is 0 Å². The van der Waals surface area contributed by atoms with Crippen molar-refractivity contribution in [3.8, 4) is 39.6 Å². The number of aromatic nitrogens is 3. The first-order valence-corrected chi connectivity index (χ1v) is 13.5. The zero-order valence-corrected chi connectivity index (χ0v) is 22.2. The van der Waals surface area contributed by atoms with Gasteiger partial charge in [0.1, 0.15) is 11.2 Å². The molecule has 0 unspecified atom stereocenters. The molecule has 0 aliphatic heterocycles. The second kappa shape index (κ2) is 8.11. The lowest BCUT2D eigenvalue weighted by atomic mass is 9.81. The molecule has 4 nitrogen and oxygen atoms in total. The first-order chi connectivity index (χ1) is 19.5. The van der Waals surface area contributed by atoms with Gasteiger partial charge in [0.2, 0.25) is 0 Å². The molecule has 0 bridgehead atoms. The molecule has 0 amide bonds. The maximum Gasteiger partial charge on any atom is 0.137 e. The molecule has 40 heavy (non-hydrogen) atoms. The molecule has 7 aromatic rings. The van der Waals surface area contributed by atoms with Crippen LogP contribution in [0.1, 0.15) is 30.5 Å². The predicted molar refractivity (Wildman–Crippen MR) is 161 cm³/mol. The second-order valence-electron chi connectivity index (χ2n) is 11.1. The molecule has 3 heterocycles. The highest BCUT2D eigenvalue weighted by atomic mass is 15.0. The standard InChI is InChI=1S/C36H24N4/c1-36(2)29-18-22(21-37)13-15-26(29)27-16-14-24(20-30(27)36)23-8-7-9-25(19-23)33-35-34(28-10-3-4-11-31(28)38-33)39-32-12-5-6-17-40(32)35/h3-20H,1-2H3. The van der Waals surface area contributed by atoms with Gasteiger partial charge in [-0.05, 0) is 75.8 Å². The third kappa shape index (κ3) is 3.12. The van der Waals surface area contributed by atoms with Crippen LogP contribution in [0.2, 0.25) is 0 Å². The molecular weight excluding hydrogens is 488 g/mol. The van der Waals surface area contributed by atoms with Crippen molar-refractivity contribution in [2.45, 2.75) is 19.3 Å². The third-order valence-corrected chi connectivity index (χ3v) is 8.42. The lowest BCUT2D eigenvalue weighted by molar-refractivity contribution is 0.660. The van der Waals surface area contributed by atoms with Gasteiger partial charge in [-0.25, -0.2) is 9.97 Å². The summed E-state index contributed by atoms with van der Waals surface area (Å²) in [5, 5.41) is 10.5. The first kappa shape index (κ1) is 22.7. The topological polar surface area (TPSA) is 54.0 Å². The SMILES string of the molecule is CC1(C)c2cc(C#N)ccc2-c2ccc(-c3cccc(-c4nc5ccccc5c5nc6ccccn6c45)c3)cc21. The molecule has 0 spiro atoms. The van der Waals surface area contributed by atoms with E-state index in [9.17, 15) is 5.26 Å². The largest absolute Gasteiger partial charge is 0.298 e. The Labute approximate surface area is 231 Å². The van der Waals surface area contributed by atoms with Gasteiger partial charge >= 0.3 is 0 Å². The van der Waals surface area contributed by atoms with Crippen LogP contribution >= 0.6 is 0 Å². The third-order valence-electron chi connectivity index (χ3n) is 8.42. The van der Waals surface area contributed by atoms with Crippen molar-refractivity contribution in [2.24, 2.45) is 0 Å². The molecule has 1 aliphatic rings. The molecule has 0 saturated heterocycles. The van der Waals surface area contributed by atoms with E-state index in [0.29, 0.717) is 5.56 Å². The highest BCUT2D eigenvalue weighted by Gasteiger charge is 2.35. The fraction of sp³-hybridized carbons (Fsp3) is 0.0833. The molecule has 188 valence electrons. The smallest absolute Gasteiger partial charge is 0.137 e. The van der Waals surface area contributed by atoms with Crippen LogP contribution < -0.4 is 0 Å². The number of nitrogens with zero attached hydrogens (tertiary/aromatic N) is 4. The number of imidazole rings is 1. The Bertz CT molecular complexity index is 2210. The Kier molecular flexibility index (Phi) is 4.60. The molecule has 0 N–H and O–H groups in total. The van der Waals surface area contributed by atoms with Crippen LogP contribution in [0.5, 0.6) is 0 Å². The summed E-state index contributed by atoms with van der Waals surface area (Å²) in [6.07, 6.45) is 2.06. The van der Waals surface area contributed by atoms with Crippen LogP contribution in [0.3, 0.4) is 0 Å². The van der Waals surface area contributed by atoms with E-state index in [4.69, 9.17) is 9.97 Å². The summed E-state index contributed by atoms with van der Waals surface area (Å²) in [6, 6.07) is 38.1. The number of benzene rings is 4. The molecule has 0 fully saturated rings. The Hall–Kier alpha value is -5.27. The average Bonchev–Trinajstić information content (AvgIpc) is 3.50. The van der Waals surface area contributed by atoms with Crippen molar-refractivity contribution < 1.29 is 0 Å². The van der Waals surface area contributed by atoms with E-state index in [1.54, 1.807) is 0 Å². The van der Waals surface area contributed by atoms with Crippen molar-refractivity contribution in [2.75, 3.05) is 0 Å². The molecule has 0 radical (unpaired) electrons. The fourth-order valence-electron chi connectivity index (χ4n) is 6.39. The van der Waals surface area contributed by atoms with Gasteiger partial charge in [0.15, 0.2) is 0 Å². The molecule has 0 saturated carbocycles. The zero-order valence-electron chi connectivity index (χ0n) is 22.2. The van der Waals surface area contributed by atoms with Crippen LogP contribution in [-0.4, -0.2) is 14.4 Å². The summed E-state index contributed by atoms with van der Waals surface area (Å²) in [5.41, 5.74) is 13.6. The van der Waals surface area contributed by atoms with Crippen molar-refractivity contribution in [3.05, 3.63) is 126 Å². The number of hydrogen-bond donors (Lipinski definition) is 0. The predicted octanol–water partition coefficient (Wildman–Crippen LogP) is 8.55. The number of para-hydroxylation sites is 1.